The summed E-state index contributed by atoms with van der Waals surface area (Å²) in [5.74, 6) is -0.464. The number of carbonyl (C=O) groups excluding carboxylic acids is 3. The maximum Gasteiger partial charge on any atom is 0.238 e. The molecule has 4 atom stereocenters. The average Bonchev–Trinajstić information content (AvgIpc) is 3.36. The molecular weight excluding hydrogens is 326 g/mol. The Bertz CT molecular complexity index is 932. The van der Waals surface area contributed by atoms with Gasteiger partial charge in [-0.25, -0.2) is 4.90 Å². The summed E-state index contributed by atoms with van der Waals surface area (Å²) in [7, 11) is 0. The maximum atomic E-state index is 12.9. The number of hydrogen-bond acceptors (Lipinski definition) is 3. The molecule has 2 aliphatic carbocycles. The van der Waals surface area contributed by atoms with E-state index >= 15 is 0 Å². The molecule has 1 aliphatic heterocycles. The fourth-order valence-electron chi connectivity index (χ4n) is 4.70. The molecular formula is C22H17NO3. The van der Waals surface area contributed by atoms with Gasteiger partial charge in [0.25, 0.3) is 0 Å². The van der Waals surface area contributed by atoms with Crippen molar-refractivity contribution in [3.63, 3.8) is 0 Å². The number of hydrogen-bond donors (Lipinski definition) is 0. The lowest BCUT2D eigenvalue weighted by Gasteiger charge is -2.18. The first-order valence-electron chi connectivity index (χ1n) is 8.91. The number of anilines is 1. The average molecular weight is 343 g/mol. The standard InChI is InChI=1S/C22H17NO3/c24-20(13-5-2-1-3-6-13)16-7-4-8-17(12-16)23-21(25)18-14-9-10-15(11-14)19(18)22(23)26/h1-10,12,14-15,18-19H,11H2/t14-,15+,18+,19-. The molecule has 5 rings (SSSR count). The van der Waals surface area contributed by atoms with Crippen LogP contribution in [0.2, 0.25) is 0 Å². The monoisotopic (exact) mass is 343 g/mol. The number of fused-ring (bicyclic) bond motifs is 5. The van der Waals surface area contributed by atoms with E-state index in [2.05, 4.69) is 12.2 Å². The Balaban J connectivity index is 1.49. The summed E-state index contributed by atoms with van der Waals surface area (Å²) in [6.45, 7) is 0. The number of rotatable bonds is 3. The van der Waals surface area contributed by atoms with Gasteiger partial charge < -0.3 is 0 Å². The van der Waals surface area contributed by atoms with E-state index < -0.39 is 0 Å². The molecule has 2 aromatic carbocycles. The molecule has 3 aliphatic rings. The molecule has 2 aromatic rings. The minimum Gasteiger partial charge on any atom is -0.289 e. The predicted octanol–water partition coefficient (Wildman–Crippen LogP) is 3.23. The number of imide groups is 1. The van der Waals surface area contributed by atoms with Crippen LogP contribution in [0.3, 0.4) is 0 Å². The molecule has 2 amide bonds. The van der Waals surface area contributed by atoms with E-state index in [1.54, 1.807) is 36.4 Å². The second kappa shape index (κ2) is 5.49. The topological polar surface area (TPSA) is 54.5 Å². The Labute approximate surface area is 151 Å². The first-order valence-corrected chi connectivity index (χ1v) is 8.91. The van der Waals surface area contributed by atoms with Crippen LogP contribution in [0.1, 0.15) is 22.3 Å². The van der Waals surface area contributed by atoms with Crippen LogP contribution in [0.15, 0.2) is 66.7 Å². The van der Waals surface area contributed by atoms with Crippen LogP contribution in [0.25, 0.3) is 0 Å². The molecule has 0 unspecified atom stereocenters. The predicted molar refractivity (Wildman–Crippen MR) is 96.5 cm³/mol. The molecule has 0 aromatic heterocycles. The van der Waals surface area contributed by atoms with Gasteiger partial charge in [-0.3, -0.25) is 14.4 Å². The third-order valence-corrected chi connectivity index (χ3v) is 5.87. The highest BCUT2D eigenvalue weighted by Gasteiger charge is 2.59. The Morgan fingerprint density at radius 1 is 0.808 bits per heavy atom. The minimum atomic E-state index is -0.231. The fourth-order valence-corrected chi connectivity index (χ4v) is 4.70. The van der Waals surface area contributed by atoms with Crippen molar-refractivity contribution in [1.82, 2.24) is 0 Å². The summed E-state index contributed by atoms with van der Waals surface area (Å²) < 4.78 is 0. The molecule has 2 bridgehead atoms. The van der Waals surface area contributed by atoms with Crippen LogP contribution >= 0.6 is 0 Å². The van der Waals surface area contributed by atoms with Gasteiger partial charge in [-0.2, -0.15) is 0 Å². The van der Waals surface area contributed by atoms with E-state index in [4.69, 9.17) is 0 Å². The van der Waals surface area contributed by atoms with E-state index in [-0.39, 0.29) is 41.3 Å². The highest BCUT2D eigenvalue weighted by molar-refractivity contribution is 6.23. The SMILES string of the molecule is O=C(c1ccccc1)c1cccc(N2C(=O)[C@@H]3[C@H](C2=O)[C@H]2C=C[C@@H]3C2)c1. The molecule has 0 spiro atoms. The van der Waals surface area contributed by atoms with Crippen molar-refractivity contribution < 1.29 is 14.4 Å². The normalized spacial score (nSPS) is 28.7. The molecule has 0 radical (unpaired) electrons. The van der Waals surface area contributed by atoms with E-state index in [1.807, 2.05) is 18.2 Å². The van der Waals surface area contributed by atoms with E-state index in [0.717, 1.165) is 6.42 Å². The molecule has 4 nitrogen and oxygen atoms in total. The number of nitrogens with zero attached hydrogens (tertiary/aromatic N) is 1. The van der Waals surface area contributed by atoms with Gasteiger partial charge in [0.2, 0.25) is 11.8 Å². The van der Waals surface area contributed by atoms with Gasteiger partial charge in [-0.1, -0.05) is 54.6 Å². The summed E-state index contributed by atoms with van der Waals surface area (Å²) in [5, 5.41) is 0. The van der Waals surface area contributed by atoms with Gasteiger partial charge in [0.1, 0.15) is 0 Å². The van der Waals surface area contributed by atoms with E-state index in [9.17, 15) is 14.4 Å². The van der Waals surface area contributed by atoms with Crippen LogP contribution in [-0.2, 0) is 9.59 Å². The summed E-state index contributed by atoms with van der Waals surface area (Å²) >= 11 is 0. The largest absolute Gasteiger partial charge is 0.289 e. The van der Waals surface area contributed by atoms with Crippen molar-refractivity contribution in [2.24, 2.45) is 23.7 Å². The second-order valence-electron chi connectivity index (χ2n) is 7.26. The van der Waals surface area contributed by atoms with Crippen molar-refractivity contribution in [1.29, 1.82) is 0 Å². The van der Waals surface area contributed by atoms with Crippen LogP contribution in [0, 0.1) is 23.7 Å². The van der Waals surface area contributed by atoms with Crippen molar-refractivity contribution in [3.05, 3.63) is 77.9 Å². The number of allylic oxidation sites excluding steroid dienone is 2. The summed E-state index contributed by atoms with van der Waals surface area (Å²) in [6.07, 6.45) is 5.07. The molecule has 0 N–H and O–H groups in total. The van der Waals surface area contributed by atoms with Crippen molar-refractivity contribution in [2.45, 2.75) is 6.42 Å². The third kappa shape index (κ3) is 2.05. The van der Waals surface area contributed by atoms with Crippen LogP contribution < -0.4 is 4.90 Å². The Hall–Kier alpha value is -3.01. The minimum absolute atomic E-state index is 0.117. The van der Waals surface area contributed by atoms with Crippen molar-refractivity contribution in [3.8, 4) is 0 Å². The molecule has 26 heavy (non-hydrogen) atoms. The second-order valence-corrected chi connectivity index (χ2v) is 7.26. The summed E-state index contributed by atoms with van der Waals surface area (Å²) in [5.41, 5.74) is 1.56. The van der Waals surface area contributed by atoms with Crippen LogP contribution in [-0.4, -0.2) is 17.6 Å². The van der Waals surface area contributed by atoms with E-state index in [0.29, 0.717) is 16.8 Å². The van der Waals surface area contributed by atoms with Gasteiger partial charge in [0.05, 0.1) is 17.5 Å². The maximum absolute atomic E-state index is 12.9. The third-order valence-electron chi connectivity index (χ3n) is 5.87. The smallest absolute Gasteiger partial charge is 0.238 e. The van der Waals surface area contributed by atoms with Gasteiger partial charge in [0.15, 0.2) is 5.78 Å². The fraction of sp³-hybridized carbons (Fsp3) is 0.227. The number of amides is 2. The molecule has 1 heterocycles. The zero-order valence-electron chi connectivity index (χ0n) is 14.0. The lowest BCUT2D eigenvalue weighted by Crippen LogP contribution is -2.33. The highest BCUT2D eigenvalue weighted by atomic mass is 16.2. The van der Waals surface area contributed by atoms with Gasteiger partial charge in [0, 0.05) is 11.1 Å². The van der Waals surface area contributed by atoms with Crippen LogP contribution in [0.4, 0.5) is 5.69 Å². The highest BCUT2D eigenvalue weighted by Crippen LogP contribution is 2.53. The Morgan fingerprint density at radius 2 is 1.42 bits per heavy atom. The molecule has 2 fully saturated rings. The lowest BCUT2D eigenvalue weighted by molar-refractivity contribution is -0.123. The molecule has 4 heteroatoms. The first-order chi connectivity index (χ1) is 12.6. The van der Waals surface area contributed by atoms with Crippen molar-refractivity contribution >= 4 is 23.3 Å². The molecule has 1 saturated carbocycles. The van der Waals surface area contributed by atoms with Crippen LogP contribution in [0.5, 0.6) is 0 Å². The van der Waals surface area contributed by atoms with Gasteiger partial charge in [-0.05, 0) is 30.4 Å². The number of carbonyl (C=O) groups is 3. The Morgan fingerprint density at radius 3 is 2.08 bits per heavy atom. The summed E-state index contributed by atoms with van der Waals surface area (Å²) in [6, 6.07) is 15.8. The molecule has 128 valence electrons. The molecule has 1 saturated heterocycles. The Kier molecular flexibility index (Phi) is 3.23. The lowest BCUT2D eigenvalue weighted by atomic mass is 9.85. The first kappa shape index (κ1) is 15.3. The quantitative estimate of drug-likeness (QED) is 0.488. The van der Waals surface area contributed by atoms with Gasteiger partial charge in [-0.15, -0.1) is 0 Å². The van der Waals surface area contributed by atoms with Crippen molar-refractivity contribution in [2.75, 3.05) is 4.90 Å². The zero-order chi connectivity index (χ0) is 17.8. The number of benzene rings is 2. The summed E-state index contributed by atoms with van der Waals surface area (Å²) in [4.78, 5) is 39.8. The van der Waals surface area contributed by atoms with Gasteiger partial charge >= 0.3 is 0 Å². The zero-order valence-corrected chi connectivity index (χ0v) is 14.0. The number of ketones is 1. The van der Waals surface area contributed by atoms with E-state index in [1.165, 1.54) is 4.90 Å².